The van der Waals surface area contributed by atoms with E-state index in [0.717, 1.165) is 29.1 Å². The molecular formula is C15H23NOS. The van der Waals surface area contributed by atoms with E-state index in [4.69, 9.17) is 4.74 Å². The van der Waals surface area contributed by atoms with Gasteiger partial charge in [0.2, 0.25) is 0 Å². The van der Waals surface area contributed by atoms with E-state index in [1.165, 1.54) is 10.3 Å². The molecule has 18 heavy (non-hydrogen) atoms. The van der Waals surface area contributed by atoms with Gasteiger partial charge in [-0.05, 0) is 38.0 Å². The normalized spacial score (nSPS) is 10.1. The molecule has 0 aliphatic carbocycles. The molecule has 2 nitrogen and oxygen atoms in total. The van der Waals surface area contributed by atoms with Gasteiger partial charge in [0, 0.05) is 0 Å². The second-order valence-electron chi connectivity index (χ2n) is 3.86. The zero-order valence-electron chi connectivity index (χ0n) is 12.0. The van der Waals surface area contributed by atoms with Crippen LogP contribution in [0.1, 0.15) is 44.7 Å². The van der Waals surface area contributed by atoms with Gasteiger partial charge in [-0.3, -0.25) is 0 Å². The molecule has 1 aromatic carbocycles. The first-order chi connectivity index (χ1) is 8.74. The quantitative estimate of drug-likeness (QED) is 0.777. The summed E-state index contributed by atoms with van der Waals surface area (Å²) in [7, 11) is 0. The van der Waals surface area contributed by atoms with Crippen LogP contribution in [-0.2, 0) is 6.42 Å². The number of ether oxygens (including phenoxy) is 1. The minimum atomic E-state index is 0.696. The highest BCUT2D eigenvalue weighted by Gasteiger charge is 2.09. The number of aromatic nitrogens is 1. The fourth-order valence-corrected chi connectivity index (χ4v) is 2.77. The van der Waals surface area contributed by atoms with Gasteiger partial charge in [-0.1, -0.05) is 27.2 Å². The minimum absolute atomic E-state index is 0.696. The molecule has 2 aromatic rings. The third kappa shape index (κ3) is 3.45. The van der Waals surface area contributed by atoms with E-state index in [1.807, 2.05) is 27.7 Å². The molecule has 0 aliphatic rings. The maximum atomic E-state index is 5.66. The second kappa shape index (κ2) is 7.37. The molecule has 1 heterocycles. The number of rotatable bonds is 4. The summed E-state index contributed by atoms with van der Waals surface area (Å²) in [5.74, 6) is 0.938. The Kier molecular flexibility index (Phi) is 6.13. The zero-order chi connectivity index (χ0) is 13.5. The first-order valence-corrected chi connectivity index (χ1v) is 7.59. The van der Waals surface area contributed by atoms with Crippen molar-refractivity contribution in [3.05, 3.63) is 22.7 Å². The Balaban J connectivity index is 0.000000771. The summed E-state index contributed by atoms with van der Waals surface area (Å²) in [5, 5.41) is 1.10. The van der Waals surface area contributed by atoms with Gasteiger partial charge in [-0.25, -0.2) is 4.98 Å². The van der Waals surface area contributed by atoms with Crippen molar-refractivity contribution < 1.29 is 4.74 Å². The maximum absolute atomic E-state index is 5.66. The molecule has 1 aromatic heterocycles. The van der Waals surface area contributed by atoms with Crippen LogP contribution in [0.5, 0.6) is 5.75 Å². The fraction of sp³-hybridized carbons (Fsp3) is 0.533. The van der Waals surface area contributed by atoms with Crippen molar-refractivity contribution in [2.24, 2.45) is 0 Å². The fourth-order valence-electron chi connectivity index (χ4n) is 1.86. The number of fused-ring (bicyclic) bond motifs is 1. The number of thiazole rings is 1. The van der Waals surface area contributed by atoms with Crippen molar-refractivity contribution in [1.29, 1.82) is 0 Å². The Hall–Kier alpha value is -1.09. The number of hydrogen-bond donors (Lipinski definition) is 0. The third-order valence-corrected chi connectivity index (χ3v) is 3.38. The Labute approximate surface area is 114 Å². The molecule has 0 fully saturated rings. The van der Waals surface area contributed by atoms with E-state index in [2.05, 4.69) is 24.0 Å². The molecule has 0 saturated heterocycles. The average Bonchev–Trinajstić information content (AvgIpc) is 2.73. The van der Waals surface area contributed by atoms with Crippen LogP contribution in [-0.4, -0.2) is 11.6 Å². The van der Waals surface area contributed by atoms with Crippen LogP contribution in [0, 0.1) is 6.92 Å². The molecular weight excluding hydrogens is 242 g/mol. The average molecular weight is 265 g/mol. The molecule has 3 heteroatoms. The van der Waals surface area contributed by atoms with E-state index in [1.54, 1.807) is 11.3 Å². The van der Waals surface area contributed by atoms with E-state index >= 15 is 0 Å². The lowest BCUT2D eigenvalue weighted by molar-refractivity contribution is 0.343. The molecule has 0 bridgehead atoms. The first-order valence-electron chi connectivity index (χ1n) is 6.77. The number of hydrogen-bond acceptors (Lipinski definition) is 3. The predicted molar refractivity (Wildman–Crippen MR) is 80.9 cm³/mol. The van der Waals surface area contributed by atoms with Crippen LogP contribution in [0.25, 0.3) is 10.2 Å². The number of benzene rings is 1. The van der Waals surface area contributed by atoms with E-state index in [-0.39, 0.29) is 0 Å². The van der Waals surface area contributed by atoms with Crippen molar-refractivity contribution in [2.45, 2.75) is 47.5 Å². The SMILES string of the molecule is CC.CCCc1cc(OCC)c2nc(C)sc2c1. The highest BCUT2D eigenvalue weighted by molar-refractivity contribution is 7.18. The topological polar surface area (TPSA) is 22.1 Å². The van der Waals surface area contributed by atoms with Crippen molar-refractivity contribution in [3.63, 3.8) is 0 Å². The Bertz CT molecular complexity index is 490. The summed E-state index contributed by atoms with van der Waals surface area (Å²) < 4.78 is 6.91. The molecule has 0 radical (unpaired) electrons. The van der Waals surface area contributed by atoms with Crippen molar-refractivity contribution in [1.82, 2.24) is 4.98 Å². The molecule has 0 aliphatic heterocycles. The number of aryl methyl sites for hydroxylation is 2. The Morgan fingerprint density at radius 2 is 1.94 bits per heavy atom. The second-order valence-corrected chi connectivity index (χ2v) is 5.09. The summed E-state index contributed by atoms with van der Waals surface area (Å²) in [5.41, 5.74) is 2.37. The van der Waals surface area contributed by atoms with Crippen LogP contribution >= 0.6 is 11.3 Å². The summed E-state index contributed by atoms with van der Waals surface area (Å²) in [6.07, 6.45) is 2.27. The molecule has 0 spiro atoms. The smallest absolute Gasteiger partial charge is 0.146 e. The summed E-state index contributed by atoms with van der Waals surface area (Å²) in [4.78, 5) is 4.53. The molecule has 0 atom stereocenters. The Morgan fingerprint density at radius 1 is 1.22 bits per heavy atom. The van der Waals surface area contributed by atoms with Crippen molar-refractivity contribution in [3.8, 4) is 5.75 Å². The van der Waals surface area contributed by atoms with Gasteiger partial charge in [-0.2, -0.15) is 0 Å². The number of nitrogens with zero attached hydrogens (tertiary/aromatic N) is 1. The van der Waals surface area contributed by atoms with Gasteiger partial charge < -0.3 is 4.74 Å². The molecule has 0 amide bonds. The van der Waals surface area contributed by atoms with E-state index in [0.29, 0.717) is 6.61 Å². The third-order valence-electron chi connectivity index (χ3n) is 2.47. The monoisotopic (exact) mass is 265 g/mol. The van der Waals surface area contributed by atoms with Crippen LogP contribution in [0.15, 0.2) is 12.1 Å². The molecule has 0 saturated carbocycles. The lowest BCUT2D eigenvalue weighted by Gasteiger charge is -2.06. The Morgan fingerprint density at radius 3 is 2.56 bits per heavy atom. The summed E-state index contributed by atoms with van der Waals surface area (Å²) in [6.45, 7) is 10.9. The van der Waals surface area contributed by atoms with Crippen LogP contribution in [0.3, 0.4) is 0 Å². The molecule has 0 N–H and O–H groups in total. The van der Waals surface area contributed by atoms with Crippen molar-refractivity contribution in [2.75, 3.05) is 6.61 Å². The highest BCUT2D eigenvalue weighted by Crippen LogP contribution is 2.31. The molecule has 2 rings (SSSR count). The largest absolute Gasteiger partial charge is 0.492 e. The van der Waals surface area contributed by atoms with Gasteiger partial charge in [0.25, 0.3) is 0 Å². The highest BCUT2D eigenvalue weighted by atomic mass is 32.1. The predicted octanol–water partition coefficient (Wildman–Crippen LogP) is 4.98. The lowest BCUT2D eigenvalue weighted by atomic mass is 10.1. The van der Waals surface area contributed by atoms with Gasteiger partial charge in [0.15, 0.2) is 0 Å². The standard InChI is InChI=1S/C13H17NOS.C2H6/c1-4-6-10-7-11(15-5-2)13-12(8-10)16-9(3)14-13;1-2/h7-8H,4-6H2,1-3H3;1-2H3. The van der Waals surface area contributed by atoms with Crippen LogP contribution in [0.2, 0.25) is 0 Å². The maximum Gasteiger partial charge on any atom is 0.146 e. The summed E-state index contributed by atoms with van der Waals surface area (Å²) >= 11 is 1.74. The van der Waals surface area contributed by atoms with E-state index in [9.17, 15) is 0 Å². The lowest BCUT2D eigenvalue weighted by Crippen LogP contribution is -1.94. The van der Waals surface area contributed by atoms with Crippen molar-refractivity contribution >= 4 is 21.6 Å². The van der Waals surface area contributed by atoms with Gasteiger partial charge in [0.1, 0.15) is 11.3 Å². The van der Waals surface area contributed by atoms with Gasteiger partial charge in [-0.15, -0.1) is 11.3 Å². The van der Waals surface area contributed by atoms with Gasteiger partial charge in [0.05, 0.1) is 16.3 Å². The summed E-state index contributed by atoms with van der Waals surface area (Å²) in [6, 6.07) is 4.38. The minimum Gasteiger partial charge on any atom is -0.492 e. The zero-order valence-corrected chi connectivity index (χ0v) is 12.9. The van der Waals surface area contributed by atoms with E-state index < -0.39 is 0 Å². The molecule has 100 valence electrons. The van der Waals surface area contributed by atoms with Crippen LogP contribution in [0.4, 0.5) is 0 Å². The van der Waals surface area contributed by atoms with Crippen LogP contribution < -0.4 is 4.74 Å². The first kappa shape index (κ1) is 15.0. The molecule has 0 unspecified atom stereocenters. The van der Waals surface area contributed by atoms with Gasteiger partial charge >= 0.3 is 0 Å².